The van der Waals surface area contributed by atoms with Crippen molar-refractivity contribution in [1.29, 1.82) is 0 Å². The summed E-state index contributed by atoms with van der Waals surface area (Å²) in [6.45, 7) is 11.1. The van der Waals surface area contributed by atoms with Crippen LogP contribution >= 0.6 is 0 Å². The normalized spacial score (nSPS) is 11.8. The Kier molecular flexibility index (Phi) is 5.76. The quantitative estimate of drug-likeness (QED) is 0.761. The van der Waals surface area contributed by atoms with E-state index in [9.17, 15) is 4.39 Å². The van der Waals surface area contributed by atoms with Gasteiger partial charge in [0.05, 0.1) is 0 Å². The molecule has 3 heteroatoms. The van der Waals surface area contributed by atoms with E-state index < -0.39 is 0 Å². The third-order valence-corrected chi connectivity index (χ3v) is 2.62. The van der Waals surface area contributed by atoms with Gasteiger partial charge >= 0.3 is 0 Å². The fourth-order valence-electron chi connectivity index (χ4n) is 1.82. The van der Waals surface area contributed by atoms with Crippen LogP contribution in [0.2, 0.25) is 0 Å². The number of benzene rings is 1. The van der Waals surface area contributed by atoms with Gasteiger partial charge in [-0.3, -0.25) is 0 Å². The molecule has 1 rings (SSSR count). The second-order valence-corrected chi connectivity index (χ2v) is 5.84. The topological polar surface area (TPSA) is 24.1 Å². The van der Waals surface area contributed by atoms with Crippen molar-refractivity contribution < 1.29 is 4.39 Å². The summed E-state index contributed by atoms with van der Waals surface area (Å²) in [4.78, 5) is 0. The molecule has 0 saturated heterocycles. The molecule has 1 aromatic carbocycles. The monoisotopic (exact) mass is 252 g/mol. The maximum Gasteiger partial charge on any atom is 0.123 e. The molecule has 0 amide bonds. The summed E-state index contributed by atoms with van der Waals surface area (Å²) < 4.78 is 13.2. The summed E-state index contributed by atoms with van der Waals surface area (Å²) in [6, 6.07) is 5.16. The average molecular weight is 252 g/mol. The first-order chi connectivity index (χ1) is 8.37. The van der Waals surface area contributed by atoms with Crippen LogP contribution in [0.1, 0.15) is 38.3 Å². The van der Waals surface area contributed by atoms with Gasteiger partial charge in [-0.1, -0.05) is 6.07 Å². The summed E-state index contributed by atoms with van der Waals surface area (Å²) in [6.07, 6.45) is 1.07. The Balaban J connectivity index is 2.18. The number of hydrogen-bond acceptors (Lipinski definition) is 2. The molecule has 0 aliphatic rings. The van der Waals surface area contributed by atoms with Gasteiger partial charge in [-0.25, -0.2) is 4.39 Å². The molecular weight excluding hydrogens is 227 g/mol. The van der Waals surface area contributed by atoms with Crippen molar-refractivity contribution in [2.24, 2.45) is 0 Å². The van der Waals surface area contributed by atoms with E-state index in [1.165, 1.54) is 0 Å². The van der Waals surface area contributed by atoms with E-state index >= 15 is 0 Å². The van der Waals surface area contributed by atoms with Crippen LogP contribution in [0.3, 0.4) is 0 Å². The summed E-state index contributed by atoms with van der Waals surface area (Å²) in [7, 11) is 0. The molecule has 0 aliphatic heterocycles. The van der Waals surface area contributed by atoms with Gasteiger partial charge < -0.3 is 10.6 Å². The van der Waals surface area contributed by atoms with Crippen molar-refractivity contribution >= 4 is 0 Å². The lowest BCUT2D eigenvalue weighted by Gasteiger charge is -2.20. The lowest BCUT2D eigenvalue weighted by atomic mass is 10.1. The number of nitrogens with one attached hydrogen (secondary N) is 2. The van der Waals surface area contributed by atoms with Crippen LogP contribution in [-0.2, 0) is 6.54 Å². The second-order valence-electron chi connectivity index (χ2n) is 5.84. The first kappa shape index (κ1) is 15.1. The molecule has 0 aliphatic carbocycles. The molecule has 0 radical (unpaired) electrons. The third kappa shape index (κ3) is 6.72. The van der Waals surface area contributed by atoms with Crippen molar-refractivity contribution in [2.45, 2.75) is 46.2 Å². The van der Waals surface area contributed by atoms with Crippen LogP contribution < -0.4 is 10.6 Å². The fraction of sp³-hybridized carbons (Fsp3) is 0.600. The molecule has 0 aromatic heterocycles. The Morgan fingerprint density at radius 2 is 1.83 bits per heavy atom. The zero-order chi connectivity index (χ0) is 13.6. The van der Waals surface area contributed by atoms with E-state index in [0.29, 0.717) is 0 Å². The van der Waals surface area contributed by atoms with Crippen molar-refractivity contribution in [3.63, 3.8) is 0 Å². The van der Waals surface area contributed by atoms with Crippen molar-refractivity contribution in [3.8, 4) is 0 Å². The first-order valence-electron chi connectivity index (χ1n) is 6.59. The summed E-state index contributed by atoms with van der Waals surface area (Å²) in [5.41, 5.74) is 2.16. The molecule has 102 valence electrons. The van der Waals surface area contributed by atoms with Crippen LogP contribution in [0.4, 0.5) is 4.39 Å². The van der Waals surface area contributed by atoms with Crippen molar-refractivity contribution in [1.82, 2.24) is 10.6 Å². The second kappa shape index (κ2) is 6.86. The lowest BCUT2D eigenvalue weighted by molar-refractivity contribution is 0.418. The number of halogens is 1. The third-order valence-electron chi connectivity index (χ3n) is 2.62. The van der Waals surface area contributed by atoms with E-state index in [0.717, 1.165) is 37.2 Å². The smallest absolute Gasteiger partial charge is 0.123 e. The Bertz CT molecular complexity index is 349. The van der Waals surface area contributed by atoms with Crippen LogP contribution in [0.25, 0.3) is 0 Å². The number of aryl methyl sites for hydroxylation is 1. The highest BCUT2D eigenvalue weighted by atomic mass is 19.1. The molecule has 1 aromatic rings. The maximum atomic E-state index is 13.2. The Morgan fingerprint density at radius 3 is 2.44 bits per heavy atom. The van der Waals surface area contributed by atoms with E-state index in [4.69, 9.17) is 0 Å². The zero-order valence-electron chi connectivity index (χ0n) is 11.9. The minimum atomic E-state index is -0.152. The van der Waals surface area contributed by atoms with Gasteiger partial charge in [-0.2, -0.15) is 0 Å². The molecule has 0 atom stereocenters. The van der Waals surface area contributed by atoms with Crippen LogP contribution in [0.15, 0.2) is 18.2 Å². The summed E-state index contributed by atoms with van der Waals surface area (Å²) in [5.74, 6) is -0.152. The van der Waals surface area contributed by atoms with Gasteiger partial charge in [0.1, 0.15) is 5.82 Å². The highest BCUT2D eigenvalue weighted by Crippen LogP contribution is 2.07. The van der Waals surface area contributed by atoms with E-state index in [2.05, 4.69) is 31.4 Å². The van der Waals surface area contributed by atoms with Crippen molar-refractivity contribution in [2.75, 3.05) is 13.1 Å². The van der Waals surface area contributed by atoms with Gasteiger partial charge in [-0.15, -0.1) is 0 Å². The van der Waals surface area contributed by atoms with Crippen LogP contribution in [0.5, 0.6) is 0 Å². The molecular formula is C15H25FN2. The van der Waals surface area contributed by atoms with Gasteiger partial charge in [0.25, 0.3) is 0 Å². The Morgan fingerprint density at radius 1 is 1.11 bits per heavy atom. The van der Waals surface area contributed by atoms with E-state index in [1.54, 1.807) is 12.1 Å². The molecule has 2 N–H and O–H groups in total. The number of rotatable bonds is 6. The summed E-state index contributed by atoms with van der Waals surface area (Å²) in [5, 5.41) is 6.77. The molecule has 0 heterocycles. The minimum Gasteiger partial charge on any atom is -0.313 e. The lowest BCUT2D eigenvalue weighted by Crippen LogP contribution is -2.37. The van der Waals surface area contributed by atoms with Gasteiger partial charge in [0.2, 0.25) is 0 Å². The SMILES string of the molecule is Cc1cc(F)cc(CNCCCNC(C)(C)C)c1. The predicted octanol–water partition coefficient (Wildman–Crippen LogP) is 3.00. The Labute approximate surface area is 110 Å². The molecule has 18 heavy (non-hydrogen) atoms. The molecule has 0 fully saturated rings. The zero-order valence-corrected chi connectivity index (χ0v) is 11.9. The molecule has 0 bridgehead atoms. The van der Waals surface area contributed by atoms with E-state index in [1.807, 2.05) is 13.0 Å². The van der Waals surface area contributed by atoms with Crippen LogP contribution in [0, 0.1) is 12.7 Å². The van der Waals surface area contributed by atoms with Crippen LogP contribution in [-0.4, -0.2) is 18.6 Å². The Hall–Kier alpha value is -0.930. The summed E-state index contributed by atoms with van der Waals surface area (Å²) >= 11 is 0. The minimum absolute atomic E-state index is 0.152. The van der Waals surface area contributed by atoms with Gasteiger partial charge in [0, 0.05) is 12.1 Å². The molecule has 0 saturated carbocycles. The molecule has 0 spiro atoms. The highest BCUT2D eigenvalue weighted by Gasteiger charge is 2.06. The van der Waals surface area contributed by atoms with E-state index in [-0.39, 0.29) is 11.4 Å². The highest BCUT2D eigenvalue weighted by molar-refractivity contribution is 5.23. The standard InChI is InChI=1S/C15H25FN2/c1-12-8-13(10-14(16)9-12)11-17-6-5-7-18-15(2,3)4/h8-10,17-18H,5-7,11H2,1-4H3. The van der Waals surface area contributed by atoms with Crippen molar-refractivity contribution in [3.05, 3.63) is 35.1 Å². The van der Waals surface area contributed by atoms with Gasteiger partial charge in [0.15, 0.2) is 0 Å². The largest absolute Gasteiger partial charge is 0.313 e. The molecule has 0 unspecified atom stereocenters. The maximum absolute atomic E-state index is 13.2. The predicted molar refractivity (Wildman–Crippen MR) is 75.2 cm³/mol. The average Bonchev–Trinajstić information content (AvgIpc) is 2.20. The van der Waals surface area contributed by atoms with Gasteiger partial charge in [-0.05, 0) is 70.5 Å². The molecule has 2 nitrogen and oxygen atoms in total. The number of hydrogen-bond donors (Lipinski definition) is 2. The fourth-order valence-corrected chi connectivity index (χ4v) is 1.82. The first-order valence-corrected chi connectivity index (χ1v) is 6.59.